The Morgan fingerprint density at radius 3 is 2.80 bits per heavy atom. The van der Waals surface area contributed by atoms with Crippen LogP contribution < -0.4 is 4.90 Å². The predicted molar refractivity (Wildman–Crippen MR) is 75.6 cm³/mol. The summed E-state index contributed by atoms with van der Waals surface area (Å²) in [6, 6.07) is 4.89. The van der Waals surface area contributed by atoms with Crippen molar-refractivity contribution >= 4 is 16.7 Å². The standard InChI is InChI=1S/C14H18N4O2/c1-16-13-6-5-11(18(19)20)9-12(13)15-14(16)10-17-7-3-2-4-8-17/h5-6,9H,2-4,7-8,10H2,1H3/p+1. The Morgan fingerprint density at radius 2 is 2.10 bits per heavy atom. The van der Waals surface area contributed by atoms with Crippen molar-refractivity contribution in [3.05, 3.63) is 34.1 Å². The van der Waals surface area contributed by atoms with Crippen molar-refractivity contribution in [3.63, 3.8) is 0 Å². The SMILES string of the molecule is Cn1c(C[NH+]2CCCCC2)nc2cc([N+](=O)[O-])ccc21. The van der Waals surface area contributed by atoms with Crippen molar-refractivity contribution in [2.24, 2.45) is 7.05 Å². The van der Waals surface area contributed by atoms with Crippen molar-refractivity contribution < 1.29 is 9.82 Å². The van der Waals surface area contributed by atoms with Crippen LogP contribution in [-0.4, -0.2) is 27.6 Å². The number of hydrogen-bond donors (Lipinski definition) is 1. The number of hydrogen-bond acceptors (Lipinski definition) is 3. The van der Waals surface area contributed by atoms with Gasteiger partial charge >= 0.3 is 0 Å². The molecule has 1 fully saturated rings. The lowest BCUT2D eigenvalue weighted by atomic mass is 10.1. The van der Waals surface area contributed by atoms with E-state index in [9.17, 15) is 10.1 Å². The lowest BCUT2D eigenvalue weighted by Crippen LogP contribution is -3.11. The maximum absolute atomic E-state index is 10.8. The number of quaternary nitrogens is 1. The van der Waals surface area contributed by atoms with Crippen molar-refractivity contribution in [1.82, 2.24) is 9.55 Å². The summed E-state index contributed by atoms with van der Waals surface area (Å²) in [5.41, 5.74) is 1.78. The smallest absolute Gasteiger partial charge is 0.271 e. The Bertz CT molecular complexity index is 644. The fourth-order valence-corrected chi connectivity index (χ4v) is 2.96. The van der Waals surface area contributed by atoms with Gasteiger partial charge in [-0.2, -0.15) is 0 Å². The molecule has 20 heavy (non-hydrogen) atoms. The molecule has 1 saturated heterocycles. The number of aryl methyl sites for hydroxylation is 1. The van der Waals surface area contributed by atoms with Crippen molar-refractivity contribution in [3.8, 4) is 0 Å². The molecule has 0 amide bonds. The Hall–Kier alpha value is -1.95. The molecular weight excluding hydrogens is 256 g/mol. The number of non-ortho nitro benzene ring substituents is 1. The number of benzene rings is 1. The van der Waals surface area contributed by atoms with E-state index in [1.54, 1.807) is 23.1 Å². The maximum atomic E-state index is 10.8. The van der Waals surface area contributed by atoms with Gasteiger partial charge in [0.15, 0.2) is 5.82 Å². The zero-order chi connectivity index (χ0) is 14.1. The molecule has 0 saturated carbocycles. The Morgan fingerprint density at radius 1 is 1.35 bits per heavy atom. The first kappa shape index (κ1) is 13.1. The quantitative estimate of drug-likeness (QED) is 0.672. The zero-order valence-electron chi connectivity index (χ0n) is 11.6. The summed E-state index contributed by atoms with van der Waals surface area (Å²) in [6.45, 7) is 3.30. The van der Waals surface area contributed by atoms with Gasteiger partial charge in [-0.05, 0) is 25.3 Å². The number of nitrogens with zero attached hydrogens (tertiary/aromatic N) is 3. The van der Waals surface area contributed by atoms with E-state index in [2.05, 4.69) is 9.55 Å². The summed E-state index contributed by atoms with van der Waals surface area (Å²) in [5.74, 6) is 1.01. The molecule has 0 radical (unpaired) electrons. The van der Waals surface area contributed by atoms with Crippen LogP contribution >= 0.6 is 0 Å². The third-order valence-electron chi connectivity index (χ3n) is 4.14. The molecule has 0 atom stereocenters. The molecule has 1 aliphatic heterocycles. The topological polar surface area (TPSA) is 65.4 Å². The van der Waals surface area contributed by atoms with Crippen molar-refractivity contribution in [1.29, 1.82) is 0 Å². The van der Waals surface area contributed by atoms with Gasteiger partial charge < -0.3 is 9.47 Å². The molecule has 2 heterocycles. The molecule has 0 unspecified atom stereocenters. The van der Waals surface area contributed by atoms with E-state index in [1.165, 1.54) is 32.4 Å². The molecular formula is C14H19N4O2+. The van der Waals surface area contributed by atoms with Gasteiger partial charge in [-0.1, -0.05) is 0 Å². The highest BCUT2D eigenvalue weighted by molar-refractivity contribution is 5.78. The first-order valence-corrected chi connectivity index (χ1v) is 7.08. The normalized spacial score (nSPS) is 16.6. The van der Waals surface area contributed by atoms with E-state index >= 15 is 0 Å². The average molecular weight is 275 g/mol. The maximum Gasteiger partial charge on any atom is 0.271 e. The predicted octanol–water partition coefficient (Wildman–Crippen LogP) is 1.05. The number of nitrogens with one attached hydrogen (secondary N) is 1. The number of nitro benzene ring substituents is 1. The average Bonchev–Trinajstić information content (AvgIpc) is 2.76. The highest BCUT2D eigenvalue weighted by atomic mass is 16.6. The minimum absolute atomic E-state index is 0.104. The summed E-state index contributed by atoms with van der Waals surface area (Å²) in [7, 11) is 1.99. The number of aromatic nitrogens is 2. The molecule has 1 N–H and O–H groups in total. The van der Waals surface area contributed by atoms with Gasteiger partial charge in [-0.3, -0.25) is 10.1 Å². The first-order chi connectivity index (χ1) is 9.65. The molecule has 6 nitrogen and oxygen atoms in total. The monoisotopic (exact) mass is 275 g/mol. The highest BCUT2D eigenvalue weighted by Gasteiger charge is 2.18. The third kappa shape index (κ3) is 2.38. The molecule has 0 aliphatic carbocycles. The van der Waals surface area contributed by atoms with Crippen molar-refractivity contribution in [2.75, 3.05) is 13.1 Å². The van der Waals surface area contributed by atoms with Gasteiger partial charge in [-0.15, -0.1) is 0 Å². The van der Waals surface area contributed by atoms with Crippen molar-refractivity contribution in [2.45, 2.75) is 25.8 Å². The molecule has 6 heteroatoms. The van der Waals surface area contributed by atoms with Gasteiger partial charge in [0.1, 0.15) is 6.54 Å². The summed E-state index contributed by atoms with van der Waals surface area (Å²) >= 11 is 0. The molecule has 1 aliphatic rings. The van der Waals surface area contributed by atoms with Gasteiger partial charge in [0.05, 0.1) is 29.0 Å². The fourth-order valence-electron chi connectivity index (χ4n) is 2.96. The van der Waals surface area contributed by atoms with Crippen LogP contribution in [0.1, 0.15) is 25.1 Å². The number of fused-ring (bicyclic) bond motifs is 1. The van der Waals surface area contributed by atoms with E-state index in [0.717, 1.165) is 17.9 Å². The van der Waals surface area contributed by atoms with Crippen LogP contribution in [0.3, 0.4) is 0 Å². The van der Waals surface area contributed by atoms with E-state index in [-0.39, 0.29) is 10.6 Å². The van der Waals surface area contributed by atoms with Crippen LogP contribution in [0.15, 0.2) is 18.2 Å². The molecule has 2 aromatic rings. The number of piperidine rings is 1. The minimum atomic E-state index is -0.371. The summed E-state index contributed by atoms with van der Waals surface area (Å²) in [5, 5.41) is 10.8. The molecule has 1 aromatic carbocycles. The third-order valence-corrected chi connectivity index (χ3v) is 4.14. The lowest BCUT2D eigenvalue weighted by Gasteiger charge is -2.23. The van der Waals surface area contributed by atoms with Crippen LogP contribution in [0.2, 0.25) is 0 Å². The van der Waals surface area contributed by atoms with Crippen LogP contribution in [0, 0.1) is 10.1 Å². The van der Waals surface area contributed by atoms with Crippen LogP contribution in [0.25, 0.3) is 11.0 Å². The zero-order valence-corrected chi connectivity index (χ0v) is 11.6. The first-order valence-electron chi connectivity index (χ1n) is 7.08. The van der Waals surface area contributed by atoms with Gasteiger partial charge in [0.25, 0.3) is 5.69 Å². The Balaban J connectivity index is 1.91. The number of nitro groups is 1. The van der Waals surface area contributed by atoms with Gasteiger partial charge in [0, 0.05) is 19.2 Å². The lowest BCUT2D eigenvalue weighted by molar-refractivity contribution is -0.919. The second-order valence-corrected chi connectivity index (χ2v) is 5.50. The van der Waals surface area contributed by atoms with E-state index in [4.69, 9.17) is 0 Å². The number of rotatable bonds is 3. The fraction of sp³-hybridized carbons (Fsp3) is 0.500. The van der Waals surface area contributed by atoms with E-state index < -0.39 is 0 Å². The number of likely N-dealkylation sites (tertiary alicyclic amines) is 1. The molecule has 3 rings (SSSR count). The second-order valence-electron chi connectivity index (χ2n) is 5.50. The highest BCUT2D eigenvalue weighted by Crippen LogP contribution is 2.20. The van der Waals surface area contributed by atoms with Gasteiger partial charge in [-0.25, -0.2) is 4.98 Å². The Labute approximate surface area is 117 Å². The summed E-state index contributed by atoms with van der Waals surface area (Å²) < 4.78 is 2.06. The van der Waals surface area contributed by atoms with Crippen LogP contribution in [0.5, 0.6) is 0 Å². The van der Waals surface area contributed by atoms with Crippen LogP contribution in [-0.2, 0) is 13.6 Å². The van der Waals surface area contributed by atoms with Crippen LogP contribution in [0.4, 0.5) is 5.69 Å². The molecule has 0 spiro atoms. The summed E-state index contributed by atoms with van der Waals surface area (Å²) in [4.78, 5) is 16.6. The van der Waals surface area contributed by atoms with Gasteiger partial charge in [0.2, 0.25) is 0 Å². The van der Waals surface area contributed by atoms with E-state index in [0.29, 0.717) is 5.52 Å². The summed E-state index contributed by atoms with van der Waals surface area (Å²) in [6.07, 6.45) is 3.90. The number of imidazole rings is 1. The molecule has 0 bridgehead atoms. The minimum Gasteiger partial charge on any atom is -0.329 e. The molecule has 1 aromatic heterocycles. The largest absolute Gasteiger partial charge is 0.329 e. The molecule has 106 valence electrons. The second kappa shape index (κ2) is 5.20. The van der Waals surface area contributed by atoms with E-state index in [1.807, 2.05) is 7.05 Å². The Kier molecular flexibility index (Phi) is 3.40.